The minimum Gasteiger partial charge on any atom is -0.347 e. The van der Waals surface area contributed by atoms with E-state index in [0.29, 0.717) is 17.6 Å². The van der Waals surface area contributed by atoms with Crippen molar-refractivity contribution < 1.29 is 4.79 Å². The number of aromatic nitrogens is 2. The van der Waals surface area contributed by atoms with Crippen molar-refractivity contribution in [2.45, 2.75) is 45.8 Å². The Kier molecular flexibility index (Phi) is 5.91. The molecule has 0 aliphatic carbocycles. The monoisotopic (exact) mass is 385 g/mol. The van der Waals surface area contributed by atoms with Gasteiger partial charge in [0.2, 0.25) is 5.91 Å². The average molecular weight is 385 g/mol. The van der Waals surface area contributed by atoms with Crippen LogP contribution in [-0.4, -0.2) is 15.0 Å². The number of nitrogens with zero attached hydrogens (tertiary/aromatic N) is 2. The molecule has 1 aromatic carbocycles. The van der Waals surface area contributed by atoms with Crippen molar-refractivity contribution in [3.8, 4) is 0 Å². The predicted octanol–water partition coefficient (Wildman–Crippen LogP) is 2.90. The van der Waals surface area contributed by atoms with E-state index < -0.39 is 11.1 Å². The number of rotatable bonds is 7. The summed E-state index contributed by atoms with van der Waals surface area (Å²) in [5, 5.41) is 4.99. The van der Waals surface area contributed by atoms with Gasteiger partial charge in [-0.1, -0.05) is 31.5 Å². The number of carbonyl (C=O) groups is 1. The molecule has 1 unspecified atom stereocenters. The average Bonchev–Trinajstić information content (AvgIpc) is 3.20. The van der Waals surface area contributed by atoms with E-state index in [9.17, 15) is 14.4 Å². The van der Waals surface area contributed by atoms with Crippen LogP contribution in [0.2, 0.25) is 0 Å². The van der Waals surface area contributed by atoms with Gasteiger partial charge in [0.1, 0.15) is 6.54 Å². The van der Waals surface area contributed by atoms with Gasteiger partial charge < -0.3 is 9.88 Å². The molecule has 0 aliphatic heterocycles. The first-order valence-corrected chi connectivity index (χ1v) is 9.99. The molecule has 142 valence electrons. The third-order valence-corrected chi connectivity index (χ3v) is 5.54. The largest absolute Gasteiger partial charge is 0.347 e. The van der Waals surface area contributed by atoms with Gasteiger partial charge >= 0.3 is 11.1 Å². The lowest BCUT2D eigenvalue weighted by Gasteiger charge is -2.18. The Labute approximate surface area is 161 Å². The van der Waals surface area contributed by atoms with Gasteiger partial charge in [-0.2, -0.15) is 0 Å². The summed E-state index contributed by atoms with van der Waals surface area (Å²) >= 11 is 1.60. The normalized spacial score (nSPS) is 12.2. The van der Waals surface area contributed by atoms with Gasteiger partial charge in [-0.25, -0.2) is 0 Å². The van der Waals surface area contributed by atoms with Gasteiger partial charge in [0.15, 0.2) is 0 Å². The number of hydrogen-bond acceptors (Lipinski definition) is 4. The first kappa shape index (κ1) is 19.1. The maximum atomic E-state index is 12.7. The predicted molar refractivity (Wildman–Crippen MR) is 108 cm³/mol. The van der Waals surface area contributed by atoms with E-state index in [4.69, 9.17) is 0 Å². The molecule has 1 N–H and O–H groups in total. The number of thiophene rings is 1. The lowest BCUT2D eigenvalue weighted by atomic mass is 10.1. The molecule has 2 heterocycles. The van der Waals surface area contributed by atoms with Crippen LogP contribution in [0.25, 0.3) is 11.0 Å². The summed E-state index contributed by atoms with van der Waals surface area (Å²) in [5.41, 5.74) is -0.0377. The molecule has 27 heavy (non-hydrogen) atoms. The second kappa shape index (κ2) is 8.35. The summed E-state index contributed by atoms with van der Waals surface area (Å²) in [7, 11) is 0. The molecule has 0 saturated carbocycles. The highest BCUT2D eigenvalue weighted by molar-refractivity contribution is 7.10. The van der Waals surface area contributed by atoms with Crippen LogP contribution in [0.5, 0.6) is 0 Å². The number of benzene rings is 1. The molecule has 3 aromatic rings. The zero-order valence-corrected chi connectivity index (χ0v) is 16.3. The summed E-state index contributed by atoms with van der Waals surface area (Å²) < 4.78 is 2.72. The smallest absolute Gasteiger partial charge is 0.317 e. The standard InChI is InChI=1S/C20H23N3O3S/c1-3-8-14(17-11-7-12-27-17)21-18(24)13-23-16-10-6-5-9-15(16)22(4-2)19(25)20(23)26/h5-7,9-12,14H,3-4,8,13H2,1-2H3,(H,21,24). The Morgan fingerprint density at radius 3 is 2.30 bits per heavy atom. The number of fused-ring (bicyclic) bond motifs is 1. The zero-order chi connectivity index (χ0) is 19.4. The Morgan fingerprint density at radius 2 is 1.70 bits per heavy atom. The van der Waals surface area contributed by atoms with Crippen molar-refractivity contribution in [1.29, 1.82) is 0 Å². The lowest BCUT2D eigenvalue weighted by molar-refractivity contribution is -0.122. The minimum atomic E-state index is -0.672. The van der Waals surface area contributed by atoms with Crippen molar-refractivity contribution in [3.05, 3.63) is 67.4 Å². The maximum Gasteiger partial charge on any atom is 0.317 e. The van der Waals surface area contributed by atoms with E-state index in [1.54, 1.807) is 29.5 Å². The van der Waals surface area contributed by atoms with Crippen molar-refractivity contribution >= 4 is 28.3 Å². The molecule has 7 heteroatoms. The fourth-order valence-electron chi connectivity index (χ4n) is 3.29. The van der Waals surface area contributed by atoms with Gasteiger partial charge in [0, 0.05) is 11.4 Å². The van der Waals surface area contributed by atoms with Crippen LogP contribution in [0.1, 0.15) is 37.6 Å². The second-order valence-corrected chi connectivity index (χ2v) is 7.33. The number of para-hydroxylation sites is 2. The van der Waals surface area contributed by atoms with Gasteiger partial charge in [-0.3, -0.25) is 19.0 Å². The number of amides is 1. The SMILES string of the molecule is CCCC(NC(=O)Cn1c(=O)c(=O)n(CC)c2ccccc21)c1cccs1. The van der Waals surface area contributed by atoms with Crippen molar-refractivity contribution in [2.24, 2.45) is 0 Å². The highest BCUT2D eigenvalue weighted by atomic mass is 32.1. The quantitative estimate of drug-likeness (QED) is 0.636. The number of nitrogens with one attached hydrogen (secondary N) is 1. The minimum absolute atomic E-state index is 0.0829. The van der Waals surface area contributed by atoms with E-state index in [1.165, 1.54) is 9.13 Å². The van der Waals surface area contributed by atoms with Gasteiger partial charge in [0.25, 0.3) is 0 Å². The molecule has 6 nitrogen and oxygen atoms in total. The summed E-state index contributed by atoms with van der Waals surface area (Å²) in [6.45, 7) is 4.11. The molecule has 0 bridgehead atoms. The van der Waals surface area contributed by atoms with Crippen LogP contribution in [0.4, 0.5) is 0 Å². The Balaban J connectivity index is 1.94. The van der Waals surface area contributed by atoms with Crippen LogP contribution < -0.4 is 16.4 Å². The lowest BCUT2D eigenvalue weighted by Crippen LogP contribution is -2.44. The summed E-state index contributed by atoms with van der Waals surface area (Å²) in [6.07, 6.45) is 1.75. The van der Waals surface area contributed by atoms with Crippen LogP contribution in [-0.2, 0) is 17.9 Å². The van der Waals surface area contributed by atoms with E-state index in [-0.39, 0.29) is 18.5 Å². The fourth-order valence-corrected chi connectivity index (χ4v) is 4.10. The van der Waals surface area contributed by atoms with Crippen molar-refractivity contribution in [2.75, 3.05) is 0 Å². The van der Waals surface area contributed by atoms with E-state index in [1.807, 2.05) is 30.5 Å². The molecule has 0 saturated heterocycles. The highest BCUT2D eigenvalue weighted by Gasteiger charge is 2.18. The molecule has 2 aromatic heterocycles. The molecule has 0 fully saturated rings. The van der Waals surface area contributed by atoms with Gasteiger partial charge in [-0.05, 0) is 36.9 Å². The topological polar surface area (TPSA) is 73.1 Å². The molecule has 0 aliphatic rings. The third kappa shape index (κ3) is 3.88. The molecule has 3 rings (SSSR count). The maximum absolute atomic E-state index is 12.7. The highest BCUT2D eigenvalue weighted by Crippen LogP contribution is 2.23. The van der Waals surface area contributed by atoms with E-state index >= 15 is 0 Å². The summed E-state index contributed by atoms with van der Waals surface area (Å²) in [4.78, 5) is 38.8. The number of aryl methyl sites for hydroxylation is 1. The van der Waals surface area contributed by atoms with Crippen LogP contribution in [0, 0.1) is 0 Å². The van der Waals surface area contributed by atoms with E-state index in [2.05, 4.69) is 12.2 Å². The first-order valence-electron chi connectivity index (χ1n) is 9.12. The van der Waals surface area contributed by atoms with Crippen molar-refractivity contribution in [1.82, 2.24) is 14.5 Å². The Hall–Kier alpha value is -2.67. The Morgan fingerprint density at radius 1 is 1.04 bits per heavy atom. The Bertz CT molecular complexity index is 1050. The third-order valence-electron chi connectivity index (χ3n) is 4.55. The summed E-state index contributed by atoms with van der Waals surface area (Å²) in [5.74, 6) is -0.275. The number of carbonyl (C=O) groups excluding carboxylic acids is 1. The first-order chi connectivity index (χ1) is 13.1. The van der Waals surface area contributed by atoms with Gasteiger partial charge in [0.05, 0.1) is 17.1 Å². The zero-order valence-electron chi connectivity index (χ0n) is 15.5. The van der Waals surface area contributed by atoms with E-state index in [0.717, 1.165) is 17.7 Å². The van der Waals surface area contributed by atoms with Crippen LogP contribution in [0.3, 0.4) is 0 Å². The molecule has 0 radical (unpaired) electrons. The van der Waals surface area contributed by atoms with Crippen LogP contribution >= 0.6 is 11.3 Å². The number of hydrogen-bond donors (Lipinski definition) is 1. The molecular formula is C20H23N3O3S. The van der Waals surface area contributed by atoms with Gasteiger partial charge in [-0.15, -0.1) is 11.3 Å². The fraction of sp³-hybridized carbons (Fsp3) is 0.350. The molecular weight excluding hydrogens is 362 g/mol. The van der Waals surface area contributed by atoms with Crippen LogP contribution in [0.15, 0.2) is 51.4 Å². The second-order valence-electron chi connectivity index (χ2n) is 6.35. The van der Waals surface area contributed by atoms with Crippen molar-refractivity contribution in [3.63, 3.8) is 0 Å². The molecule has 1 atom stereocenters. The summed E-state index contributed by atoms with van der Waals surface area (Å²) in [6, 6.07) is 11.0. The molecule has 0 spiro atoms. The molecule has 1 amide bonds.